The Morgan fingerprint density at radius 2 is 1.73 bits per heavy atom. The van der Waals surface area contributed by atoms with Crippen LogP contribution in [0, 0.1) is 0 Å². The van der Waals surface area contributed by atoms with E-state index >= 15 is 0 Å². The van der Waals surface area contributed by atoms with Crippen LogP contribution in [0.4, 0.5) is 0 Å². The van der Waals surface area contributed by atoms with Gasteiger partial charge in [-0.25, -0.2) is 0 Å². The van der Waals surface area contributed by atoms with E-state index in [1.54, 1.807) is 21.3 Å². The minimum Gasteiger partial charge on any atom is -0.496 e. The SMILES string of the molecule is COCc1cc(OC)c(C2(C(=O)O)CCCCC2)cc1OC. The van der Waals surface area contributed by atoms with Gasteiger partial charge in [-0.15, -0.1) is 0 Å². The number of carboxylic acids is 1. The molecule has 1 N–H and O–H groups in total. The summed E-state index contributed by atoms with van der Waals surface area (Å²) < 4.78 is 16.1. The van der Waals surface area contributed by atoms with Gasteiger partial charge in [0.15, 0.2) is 0 Å². The van der Waals surface area contributed by atoms with Crippen molar-refractivity contribution in [2.45, 2.75) is 44.1 Å². The molecule has 0 heterocycles. The maximum absolute atomic E-state index is 12.0. The minimum absolute atomic E-state index is 0.389. The summed E-state index contributed by atoms with van der Waals surface area (Å²) in [6, 6.07) is 3.64. The van der Waals surface area contributed by atoms with Crippen molar-refractivity contribution >= 4 is 5.97 Å². The second kappa shape index (κ2) is 7.01. The molecule has 2 rings (SSSR count). The lowest BCUT2D eigenvalue weighted by Gasteiger charge is -2.35. The lowest BCUT2D eigenvalue weighted by molar-refractivity contribution is -0.145. The average molecular weight is 308 g/mol. The smallest absolute Gasteiger partial charge is 0.314 e. The van der Waals surface area contributed by atoms with E-state index in [1.807, 2.05) is 12.1 Å². The van der Waals surface area contributed by atoms with E-state index in [2.05, 4.69) is 0 Å². The summed E-state index contributed by atoms with van der Waals surface area (Å²) in [5.41, 5.74) is 0.670. The summed E-state index contributed by atoms with van der Waals surface area (Å²) in [5.74, 6) is 0.452. The summed E-state index contributed by atoms with van der Waals surface area (Å²) >= 11 is 0. The summed E-state index contributed by atoms with van der Waals surface area (Å²) in [6.45, 7) is 0.389. The first-order valence-electron chi connectivity index (χ1n) is 7.56. The Balaban J connectivity index is 2.58. The predicted octanol–water partition coefficient (Wildman–Crippen LogP) is 3.14. The zero-order chi connectivity index (χ0) is 16.2. The van der Waals surface area contributed by atoms with Crippen molar-refractivity contribution in [3.05, 3.63) is 23.3 Å². The Bertz CT molecular complexity index is 532. The average Bonchev–Trinajstić information content (AvgIpc) is 2.55. The highest BCUT2D eigenvalue weighted by Gasteiger charge is 2.43. The molecule has 1 aliphatic rings. The van der Waals surface area contributed by atoms with Crippen LogP contribution in [0.25, 0.3) is 0 Å². The van der Waals surface area contributed by atoms with Crippen LogP contribution >= 0.6 is 0 Å². The molecular weight excluding hydrogens is 284 g/mol. The molecule has 0 atom stereocenters. The van der Waals surface area contributed by atoms with Crippen molar-refractivity contribution in [2.24, 2.45) is 0 Å². The van der Waals surface area contributed by atoms with Gasteiger partial charge in [0.05, 0.1) is 26.2 Å². The Labute approximate surface area is 131 Å². The number of ether oxygens (including phenoxy) is 3. The van der Waals surface area contributed by atoms with Crippen LogP contribution in [0.2, 0.25) is 0 Å². The fourth-order valence-corrected chi connectivity index (χ4v) is 3.36. The minimum atomic E-state index is -0.886. The van der Waals surface area contributed by atoms with E-state index in [-0.39, 0.29) is 0 Å². The zero-order valence-corrected chi connectivity index (χ0v) is 13.5. The van der Waals surface area contributed by atoms with Gasteiger partial charge < -0.3 is 19.3 Å². The topological polar surface area (TPSA) is 65.0 Å². The molecule has 1 aromatic carbocycles. The monoisotopic (exact) mass is 308 g/mol. The third-order valence-corrected chi connectivity index (χ3v) is 4.53. The van der Waals surface area contributed by atoms with E-state index in [9.17, 15) is 9.90 Å². The van der Waals surface area contributed by atoms with Gasteiger partial charge in [0, 0.05) is 18.2 Å². The molecule has 1 aromatic rings. The van der Waals surface area contributed by atoms with Crippen molar-refractivity contribution in [3.63, 3.8) is 0 Å². The number of carboxylic acid groups (broad SMARTS) is 1. The first-order chi connectivity index (χ1) is 10.6. The van der Waals surface area contributed by atoms with Crippen LogP contribution in [0.15, 0.2) is 12.1 Å². The molecular formula is C17H24O5. The second-order valence-corrected chi connectivity index (χ2v) is 5.75. The largest absolute Gasteiger partial charge is 0.496 e. The van der Waals surface area contributed by atoms with Crippen molar-refractivity contribution in [1.29, 1.82) is 0 Å². The second-order valence-electron chi connectivity index (χ2n) is 5.75. The third kappa shape index (κ3) is 2.90. The highest BCUT2D eigenvalue weighted by Crippen LogP contribution is 2.45. The van der Waals surface area contributed by atoms with E-state index in [0.29, 0.717) is 36.5 Å². The number of methoxy groups -OCH3 is 3. The van der Waals surface area contributed by atoms with E-state index in [1.165, 1.54) is 0 Å². The molecule has 1 saturated carbocycles. The first-order valence-corrected chi connectivity index (χ1v) is 7.56. The predicted molar refractivity (Wildman–Crippen MR) is 82.7 cm³/mol. The van der Waals surface area contributed by atoms with Crippen LogP contribution < -0.4 is 9.47 Å². The summed E-state index contributed by atoms with van der Waals surface area (Å²) in [6.07, 6.45) is 4.17. The molecule has 22 heavy (non-hydrogen) atoms. The van der Waals surface area contributed by atoms with E-state index in [0.717, 1.165) is 24.8 Å². The van der Waals surface area contributed by atoms with Crippen LogP contribution in [0.1, 0.15) is 43.2 Å². The molecule has 0 aliphatic heterocycles. The lowest BCUT2D eigenvalue weighted by atomic mass is 9.69. The van der Waals surface area contributed by atoms with Crippen molar-refractivity contribution in [1.82, 2.24) is 0 Å². The van der Waals surface area contributed by atoms with Crippen molar-refractivity contribution < 1.29 is 24.1 Å². The normalized spacial score (nSPS) is 17.0. The number of aliphatic carboxylic acids is 1. The van der Waals surface area contributed by atoms with Crippen LogP contribution in [-0.2, 0) is 21.6 Å². The fraction of sp³-hybridized carbons (Fsp3) is 0.588. The Hall–Kier alpha value is -1.75. The molecule has 5 heteroatoms. The molecule has 0 spiro atoms. The van der Waals surface area contributed by atoms with Crippen LogP contribution in [-0.4, -0.2) is 32.4 Å². The van der Waals surface area contributed by atoms with E-state index < -0.39 is 11.4 Å². The lowest BCUT2D eigenvalue weighted by Crippen LogP contribution is -2.38. The molecule has 1 aliphatic carbocycles. The highest BCUT2D eigenvalue weighted by molar-refractivity contribution is 5.83. The Morgan fingerprint density at radius 1 is 1.09 bits per heavy atom. The van der Waals surface area contributed by atoms with Crippen molar-refractivity contribution in [2.75, 3.05) is 21.3 Å². The van der Waals surface area contributed by atoms with Crippen molar-refractivity contribution in [3.8, 4) is 11.5 Å². The summed E-state index contributed by atoms with van der Waals surface area (Å²) in [7, 11) is 4.76. The quantitative estimate of drug-likeness (QED) is 0.874. The van der Waals surface area contributed by atoms with Gasteiger partial charge in [0.25, 0.3) is 0 Å². The molecule has 1 fully saturated rings. The molecule has 0 saturated heterocycles. The zero-order valence-electron chi connectivity index (χ0n) is 13.5. The highest BCUT2D eigenvalue weighted by atomic mass is 16.5. The number of benzene rings is 1. The molecule has 0 aromatic heterocycles. The molecule has 0 unspecified atom stereocenters. The Morgan fingerprint density at radius 3 is 2.23 bits per heavy atom. The van der Waals surface area contributed by atoms with E-state index in [4.69, 9.17) is 14.2 Å². The third-order valence-electron chi connectivity index (χ3n) is 4.53. The number of rotatable bonds is 6. The van der Waals surface area contributed by atoms with Gasteiger partial charge in [-0.3, -0.25) is 4.79 Å². The summed E-state index contributed by atoms with van der Waals surface area (Å²) in [4.78, 5) is 12.0. The molecule has 0 amide bonds. The number of hydrogen-bond donors (Lipinski definition) is 1. The van der Waals surface area contributed by atoms with Crippen LogP contribution in [0.5, 0.6) is 11.5 Å². The van der Waals surface area contributed by atoms with Gasteiger partial charge in [0.2, 0.25) is 0 Å². The Kier molecular flexibility index (Phi) is 5.29. The first kappa shape index (κ1) is 16.6. The number of carbonyl (C=O) groups is 1. The van der Waals surface area contributed by atoms with Crippen LogP contribution in [0.3, 0.4) is 0 Å². The van der Waals surface area contributed by atoms with Gasteiger partial charge in [-0.2, -0.15) is 0 Å². The van der Waals surface area contributed by atoms with Gasteiger partial charge >= 0.3 is 5.97 Å². The maximum atomic E-state index is 12.0. The van der Waals surface area contributed by atoms with Gasteiger partial charge in [0.1, 0.15) is 11.5 Å². The molecule has 0 bridgehead atoms. The maximum Gasteiger partial charge on any atom is 0.314 e. The standard InChI is InChI=1S/C17H24O5/c1-20-11-12-9-15(22-3)13(10-14(12)21-2)17(16(18)19)7-5-4-6-8-17/h9-10H,4-8,11H2,1-3H3,(H,18,19). The van der Waals surface area contributed by atoms with Gasteiger partial charge in [-0.1, -0.05) is 19.3 Å². The molecule has 122 valence electrons. The number of hydrogen-bond acceptors (Lipinski definition) is 4. The molecule has 0 radical (unpaired) electrons. The van der Waals surface area contributed by atoms with Gasteiger partial charge in [-0.05, 0) is 25.0 Å². The fourth-order valence-electron chi connectivity index (χ4n) is 3.36. The molecule has 5 nitrogen and oxygen atoms in total. The summed E-state index contributed by atoms with van der Waals surface area (Å²) in [5, 5.41) is 9.88.